The number of rotatable bonds is 10. The number of alkyl halides is 3. The number of aryl methyl sites for hydroxylation is 1. The number of imidazole rings is 1. The lowest BCUT2D eigenvalue weighted by molar-refractivity contribution is -0.139. The van der Waals surface area contributed by atoms with Gasteiger partial charge in [0.2, 0.25) is 11.7 Å². The molecule has 0 radical (unpaired) electrons. The molecule has 4 rings (SSSR count). The molecule has 1 amide bonds. The van der Waals surface area contributed by atoms with E-state index in [2.05, 4.69) is 12.2 Å². The highest BCUT2D eigenvalue weighted by Gasteiger charge is 2.34. The zero-order valence-corrected chi connectivity index (χ0v) is 21.9. The molecule has 0 spiro atoms. The molecule has 1 aliphatic rings. The second-order valence-electron chi connectivity index (χ2n) is 9.68. The number of carbonyl (C=O) groups is 1. The fourth-order valence-corrected chi connectivity index (χ4v) is 4.97. The minimum Gasteiger partial charge on any atom is -0.353 e. The van der Waals surface area contributed by atoms with Gasteiger partial charge in [0, 0.05) is 48.5 Å². The molecular weight excluding hydrogens is 521 g/mol. The highest BCUT2D eigenvalue weighted by molar-refractivity contribution is 6.30. The van der Waals surface area contributed by atoms with Crippen LogP contribution in [0.1, 0.15) is 45.4 Å². The van der Waals surface area contributed by atoms with Crippen molar-refractivity contribution in [3.63, 3.8) is 0 Å². The summed E-state index contributed by atoms with van der Waals surface area (Å²) in [5.74, 6) is 0.633. The van der Waals surface area contributed by atoms with Crippen molar-refractivity contribution in [1.82, 2.24) is 19.3 Å². The summed E-state index contributed by atoms with van der Waals surface area (Å²) in [5.41, 5.74) is 6.72. The molecule has 2 aromatic heterocycles. The van der Waals surface area contributed by atoms with Gasteiger partial charge in [-0.2, -0.15) is 13.2 Å². The molecule has 206 valence electrons. The van der Waals surface area contributed by atoms with Gasteiger partial charge in [-0.1, -0.05) is 43.5 Å². The average molecular weight is 553 g/mol. The SMILES string of the molecule is CCCCCn1c(N2CCCC2C(=O)NCC(N)CC(F)(F)F)cc(=O)n2cc(-c3ccc(Cl)cc3)nc12. The molecule has 12 heteroatoms. The van der Waals surface area contributed by atoms with Crippen molar-refractivity contribution in [2.45, 2.75) is 70.3 Å². The van der Waals surface area contributed by atoms with Gasteiger partial charge in [0.1, 0.15) is 11.9 Å². The van der Waals surface area contributed by atoms with E-state index in [0.717, 1.165) is 24.8 Å². The van der Waals surface area contributed by atoms with Crippen molar-refractivity contribution >= 4 is 29.1 Å². The normalized spacial score (nSPS) is 16.8. The zero-order valence-electron chi connectivity index (χ0n) is 21.2. The van der Waals surface area contributed by atoms with Crippen LogP contribution in [-0.2, 0) is 11.3 Å². The van der Waals surface area contributed by atoms with Crippen LogP contribution in [0.4, 0.5) is 19.0 Å². The number of nitrogens with one attached hydrogen (secondary N) is 1. The number of anilines is 1. The number of nitrogens with two attached hydrogens (primary N) is 1. The Labute approximate surface area is 223 Å². The monoisotopic (exact) mass is 552 g/mol. The van der Waals surface area contributed by atoms with E-state index in [-0.39, 0.29) is 12.1 Å². The largest absolute Gasteiger partial charge is 0.390 e. The van der Waals surface area contributed by atoms with E-state index in [4.69, 9.17) is 22.3 Å². The first-order chi connectivity index (χ1) is 18.1. The summed E-state index contributed by atoms with van der Waals surface area (Å²) in [5, 5.41) is 3.17. The zero-order chi connectivity index (χ0) is 27.4. The van der Waals surface area contributed by atoms with Gasteiger partial charge in [-0.25, -0.2) is 4.98 Å². The minimum atomic E-state index is -4.40. The number of hydrogen-bond donors (Lipinski definition) is 2. The summed E-state index contributed by atoms with van der Waals surface area (Å²) in [6.07, 6.45) is 0.157. The van der Waals surface area contributed by atoms with Crippen molar-refractivity contribution in [3.8, 4) is 11.3 Å². The van der Waals surface area contributed by atoms with Gasteiger partial charge in [0.05, 0.1) is 12.1 Å². The molecule has 38 heavy (non-hydrogen) atoms. The van der Waals surface area contributed by atoms with Gasteiger partial charge < -0.3 is 16.0 Å². The Morgan fingerprint density at radius 3 is 2.68 bits per heavy atom. The van der Waals surface area contributed by atoms with Gasteiger partial charge in [0.25, 0.3) is 5.56 Å². The summed E-state index contributed by atoms with van der Waals surface area (Å²) in [4.78, 5) is 32.9. The predicted molar refractivity (Wildman–Crippen MR) is 141 cm³/mol. The van der Waals surface area contributed by atoms with E-state index in [1.54, 1.807) is 18.3 Å². The third kappa shape index (κ3) is 6.50. The van der Waals surface area contributed by atoms with Crippen LogP contribution in [0.25, 0.3) is 17.0 Å². The number of fused-ring (bicyclic) bond motifs is 1. The van der Waals surface area contributed by atoms with Gasteiger partial charge in [-0.15, -0.1) is 0 Å². The molecule has 1 fully saturated rings. The fraction of sp³-hybridized carbons (Fsp3) is 0.500. The molecule has 1 aliphatic heterocycles. The summed E-state index contributed by atoms with van der Waals surface area (Å²) in [6, 6.07) is 6.84. The van der Waals surface area contributed by atoms with Gasteiger partial charge in [0.15, 0.2) is 0 Å². The lowest BCUT2D eigenvalue weighted by Crippen LogP contribution is -2.48. The molecule has 8 nitrogen and oxygen atoms in total. The van der Waals surface area contributed by atoms with Crippen LogP contribution in [0, 0.1) is 0 Å². The van der Waals surface area contributed by atoms with E-state index in [9.17, 15) is 22.8 Å². The summed E-state index contributed by atoms with van der Waals surface area (Å²) in [6.45, 7) is 2.93. The molecule has 3 N–H and O–H groups in total. The number of halogens is 4. The molecule has 2 atom stereocenters. The maximum Gasteiger partial charge on any atom is 0.390 e. The van der Waals surface area contributed by atoms with Crippen molar-refractivity contribution in [1.29, 1.82) is 0 Å². The number of hydrogen-bond acceptors (Lipinski definition) is 5. The molecular formula is C26H32ClF3N6O2. The van der Waals surface area contributed by atoms with Crippen LogP contribution in [0.5, 0.6) is 0 Å². The first-order valence-electron chi connectivity index (χ1n) is 12.8. The van der Waals surface area contributed by atoms with Gasteiger partial charge >= 0.3 is 6.18 Å². The number of aromatic nitrogens is 3. The Morgan fingerprint density at radius 1 is 1.26 bits per heavy atom. The Morgan fingerprint density at radius 2 is 2.00 bits per heavy atom. The maximum absolute atomic E-state index is 13.2. The van der Waals surface area contributed by atoms with Crippen LogP contribution in [0.2, 0.25) is 5.02 Å². The average Bonchev–Trinajstić information content (AvgIpc) is 3.52. The topological polar surface area (TPSA) is 97.7 Å². The molecule has 3 heterocycles. The fourth-order valence-electron chi connectivity index (χ4n) is 4.85. The van der Waals surface area contributed by atoms with E-state index in [1.807, 2.05) is 21.6 Å². The van der Waals surface area contributed by atoms with E-state index in [0.29, 0.717) is 48.2 Å². The van der Waals surface area contributed by atoms with Crippen molar-refractivity contribution in [2.24, 2.45) is 5.73 Å². The molecule has 1 saturated heterocycles. The molecule has 1 aromatic carbocycles. The van der Waals surface area contributed by atoms with E-state index >= 15 is 0 Å². The number of benzene rings is 1. The summed E-state index contributed by atoms with van der Waals surface area (Å²) < 4.78 is 41.4. The first-order valence-corrected chi connectivity index (χ1v) is 13.2. The number of carbonyl (C=O) groups excluding carboxylic acids is 1. The van der Waals surface area contributed by atoms with Crippen LogP contribution in [0.3, 0.4) is 0 Å². The lowest BCUT2D eigenvalue weighted by Gasteiger charge is -2.29. The minimum absolute atomic E-state index is 0.282. The third-order valence-corrected chi connectivity index (χ3v) is 6.95. The lowest BCUT2D eigenvalue weighted by atomic mass is 10.1. The Hall–Kier alpha value is -3.05. The second-order valence-corrected chi connectivity index (χ2v) is 10.1. The molecule has 3 aromatic rings. The van der Waals surface area contributed by atoms with Gasteiger partial charge in [-0.05, 0) is 31.4 Å². The van der Waals surface area contributed by atoms with Crippen molar-refractivity contribution < 1.29 is 18.0 Å². The van der Waals surface area contributed by atoms with E-state index in [1.165, 1.54) is 10.5 Å². The maximum atomic E-state index is 13.2. The molecule has 0 saturated carbocycles. The van der Waals surface area contributed by atoms with E-state index < -0.39 is 30.6 Å². The highest BCUT2D eigenvalue weighted by atomic mass is 35.5. The smallest absolute Gasteiger partial charge is 0.353 e. The number of amides is 1. The predicted octanol–water partition coefficient (Wildman–Crippen LogP) is 4.37. The Kier molecular flexibility index (Phi) is 8.67. The number of nitrogens with zero attached hydrogens (tertiary/aromatic N) is 4. The molecule has 0 bridgehead atoms. The van der Waals surface area contributed by atoms with Crippen molar-refractivity contribution in [3.05, 3.63) is 51.9 Å². The third-order valence-electron chi connectivity index (χ3n) is 6.70. The quantitative estimate of drug-likeness (QED) is 0.364. The highest BCUT2D eigenvalue weighted by Crippen LogP contribution is 2.28. The van der Waals surface area contributed by atoms with Crippen LogP contribution in [0.15, 0.2) is 41.3 Å². The second kappa shape index (κ2) is 11.8. The first kappa shape index (κ1) is 28.0. The van der Waals surface area contributed by atoms with Crippen LogP contribution in [-0.4, -0.2) is 51.2 Å². The summed E-state index contributed by atoms with van der Waals surface area (Å²) in [7, 11) is 0. The van der Waals surface area contributed by atoms with Crippen LogP contribution >= 0.6 is 11.6 Å². The number of unbranched alkanes of at least 4 members (excludes halogenated alkanes) is 2. The Bertz CT molecular complexity index is 1320. The van der Waals surface area contributed by atoms with Crippen molar-refractivity contribution in [2.75, 3.05) is 18.0 Å². The van der Waals surface area contributed by atoms with Gasteiger partial charge in [-0.3, -0.25) is 18.6 Å². The van der Waals surface area contributed by atoms with Crippen LogP contribution < -0.4 is 21.5 Å². The molecule has 0 aliphatic carbocycles. The standard InChI is InChI=1S/C26H32ClF3N6O2/c1-2-3-4-11-35-22(34-12-5-6-21(34)24(38)32-15-19(31)14-26(28,29)30)13-23(37)36-16-20(33-25(35)36)17-7-9-18(27)10-8-17/h7-10,13,16,19,21H,2-6,11-12,14-15,31H2,1H3,(H,32,38). The Balaban J connectivity index is 1.66. The summed E-state index contributed by atoms with van der Waals surface area (Å²) >= 11 is 6.02. The molecule has 2 unspecified atom stereocenters.